The van der Waals surface area contributed by atoms with E-state index in [2.05, 4.69) is 10.2 Å². The van der Waals surface area contributed by atoms with E-state index >= 15 is 0 Å². The highest BCUT2D eigenvalue weighted by Gasteiger charge is 2.42. The maximum absolute atomic E-state index is 12.8. The van der Waals surface area contributed by atoms with Gasteiger partial charge in [-0.25, -0.2) is 4.79 Å². The molecule has 23 heavy (non-hydrogen) atoms. The van der Waals surface area contributed by atoms with Gasteiger partial charge in [0.1, 0.15) is 0 Å². The molecule has 1 N–H and O–H groups in total. The molecule has 0 aromatic carbocycles. The van der Waals surface area contributed by atoms with Crippen LogP contribution in [0.3, 0.4) is 0 Å². The summed E-state index contributed by atoms with van der Waals surface area (Å²) in [5.41, 5.74) is 0. The van der Waals surface area contributed by atoms with Crippen LogP contribution in [0.25, 0.3) is 0 Å². The quantitative estimate of drug-likeness (QED) is 0.836. The number of hydrogen-bond donors (Lipinski definition) is 1. The van der Waals surface area contributed by atoms with Gasteiger partial charge < -0.3 is 19.9 Å². The number of likely N-dealkylation sites (tertiary alicyclic amines) is 1. The van der Waals surface area contributed by atoms with Gasteiger partial charge in [-0.15, -0.1) is 0 Å². The molecule has 6 nitrogen and oxygen atoms in total. The van der Waals surface area contributed by atoms with Crippen LogP contribution in [0.2, 0.25) is 0 Å². The summed E-state index contributed by atoms with van der Waals surface area (Å²) in [4.78, 5) is 29.0. The van der Waals surface area contributed by atoms with Crippen molar-refractivity contribution in [3.63, 3.8) is 0 Å². The van der Waals surface area contributed by atoms with Gasteiger partial charge in [-0.2, -0.15) is 0 Å². The van der Waals surface area contributed by atoms with Crippen molar-refractivity contribution < 1.29 is 14.3 Å². The van der Waals surface area contributed by atoms with Crippen molar-refractivity contribution in [3.05, 3.63) is 0 Å². The Morgan fingerprint density at radius 1 is 1.13 bits per heavy atom. The van der Waals surface area contributed by atoms with E-state index in [1.165, 1.54) is 0 Å². The summed E-state index contributed by atoms with van der Waals surface area (Å²) >= 11 is 0. The number of amides is 3. The number of hydrogen-bond acceptors (Lipinski definition) is 3. The molecule has 6 heteroatoms. The summed E-state index contributed by atoms with van der Waals surface area (Å²) in [6.07, 6.45) is 5.76. The van der Waals surface area contributed by atoms with Crippen LogP contribution in [0.4, 0.5) is 4.79 Å². The number of carbonyl (C=O) groups is 2. The van der Waals surface area contributed by atoms with Crippen molar-refractivity contribution in [3.8, 4) is 0 Å². The van der Waals surface area contributed by atoms with Gasteiger partial charge in [0.15, 0.2) is 0 Å². The summed E-state index contributed by atoms with van der Waals surface area (Å²) < 4.78 is 5.46. The largest absolute Gasteiger partial charge is 0.381 e. The van der Waals surface area contributed by atoms with E-state index in [-0.39, 0.29) is 18.0 Å². The second-order valence-corrected chi connectivity index (χ2v) is 6.98. The lowest BCUT2D eigenvalue weighted by Gasteiger charge is -2.38. The van der Waals surface area contributed by atoms with Crippen LogP contribution in [-0.4, -0.2) is 66.7 Å². The predicted octanol–water partition coefficient (Wildman–Crippen LogP) is 1.60. The van der Waals surface area contributed by atoms with Crippen LogP contribution in [-0.2, 0) is 9.53 Å². The molecule has 0 radical (unpaired) electrons. The van der Waals surface area contributed by atoms with Crippen molar-refractivity contribution in [2.75, 3.05) is 32.8 Å². The number of ether oxygens (including phenoxy) is 1. The molecule has 1 saturated carbocycles. The predicted molar refractivity (Wildman–Crippen MR) is 87.1 cm³/mol. The molecule has 2 aliphatic heterocycles. The SMILES string of the molecule is CCCNC(=O)N1CCC(N(C(=O)C2CC2)C2CCOCC2)C1. The highest BCUT2D eigenvalue weighted by atomic mass is 16.5. The second-order valence-electron chi connectivity index (χ2n) is 6.98. The average molecular weight is 323 g/mol. The molecule has 130 valence electrons. The minimum atomic E-state index is 0.0140. The average Bonchev–Trinajstić information content (AvgIpc) is 3.32. The van der Waals surface area contributed by atoms with E-state index in [4.69, 9.17) is 4.74 Å². The topological polar surface area (TPSA) is 61.9 Å². The van der Waals surface area contributed by atoms with Crippen molar-refractivity contribution in [1.82, 2.24) is 15.1 Å². The van der Waals surface area contributed by atoms with E-state index in [9.17, 15) is 9.59 Å². The molecule has 0 aromatic rings. The molecule has 3 fully saturated rings. The van der Waals surface area contributed by atoms with Gasteiger partial charge in [0.05, 0.1) is 6.04 Å². The van der Waals surface area contributed by atoms with Gasteiger partial charge in [-0.3, -0.25) is 4.79 Å². The van der Waals surface area contributed by atoms with Gasteiger partial charge >= 0.3 is 6.03 Å². The summed E-state index contributed by atoms with van der Waals surface area (Å²) in [6, 6.07) is 0.485. The molecule has 2 saturated heterocycles. The minimum absolute atomic E-state index is 0.0140. The maximum atomic E-state index is 12.8. The zero-order valence-electron chi connectivity index (χ0n) is 14.1. The van der Waals surface area contributed by atoms with E-state index in [1.807, 2.05) is 11.8 Å². The van der Waals surface area contributed by atoms with E-state index in [1.54, 1.807) is 0 Å². The molecular formula is C17H29N3O3. The van der Waals surface area contributed by atoms with Gasteiger partial charge in [0.2, 0.25) is 5.91 Å². The monoisotopic (exact) mass is 323 g/mol. The highest BCUT2D eigenvalue weighted by molar-refractivity contribution is 5.82. The molecular weight excluding hydrogens is 294 g/mol. The molecule has 3 rings (SSSR count). The third-order valence-corrected chi connectivity index (χ3v) is 5.14. The van der Waals surface area contributed by atoms with Crippen LogP contribution in [0.15, 0.2) is 0 Å². The lowest BCUT2D eigenvalue weighted by Crippen LogP contribution is -2.51. The molecule has 0 aromatic heterocycles. The third-order valence-electron chi connectivity index (χ3n) is 5.14. The molecule has 0 bridgehead atoms. The first-order chi connectivity index (χ1) is 11.2. The fourth-order valence-corrected chi connectivity index (χ4v) is 3.66. The number of nitrogens with one attached hydrogen (secondary N) is 1. The minimum Gasteiger partial charge on any atom is -0.381 e. The molecule has 2 heterocycles. The van der Waals surface area contributed by atoms with Crippen molar-refractivity contribution in [2.45, 2.75) is 57.5 Å². The van der Waals surface area contributed by atoms with Crippen molar-refractivity contribution >= 4 is 11.9 Å². The Labute approximate surface area is 138 Å². The fourth-order valence-electron chi connectivity index (χ4n) is 3.66. The van der Waals surface area contributed by atoms with Gasteiger partial charge in [0.25, 0.3) is 0 Å². The van der Waals surface area contributed by atoms with Crippen LogP contribution < -0.4 is 5.32 Å². The van der Waals surface area contributed by atoms with E-state index in [0.717, 1.165) is 58.3 Å². The lowest BCUT2D eigenvalue weighted by molar-refractivity contribution is -0.139. The third kappa shape index (κ3) is 3.97. The van der Waals surface area contributed by atoms with Crippen LogP contribution in [0.5, 0.6) is 0 Å². The molecule has 1 unspecified atom stereocenters. The molecule has 0 spiro atoms. The van der Waals surface area contributed by atoms with E-state index < -0.39 is 0 Å². The maximum Gasteiger partial charge on any atom is 0.317 e. The zero-order valence-corrected chi connectivity index (χ0v) is 14.1. The number of rotatable bonds is 5. The Hall–Kier alpha value is -1.30. The summed E-state index contributed by atoms with van der Waals surface area (Å²) in [7, 11) is 0. The van der Waals surface area contributed by atoms with Gasteiger partial charge in [-0.05, 0) is 38.5 Å². The van der Waals surface area contributed by atoms with Gasteiger partial charge in [-0.1, -0.05) is 6.92 Å². The Morgan fingerprint density at radius 2 is 1.87 bits per heavy atom. The Bertz CT molecular complexity index is 433. The Kier molecular flexibility index (Phi) is 5.41. The summed E-state index contributed by atoms with van der Waals surface area (Å²) in [6.45, 7) is 5.67. The number of nitrogens with zero attached hydrogens (tertiary/aromatic N) is 2. The summed E-state index contributed by atoms with van der Waals surface area (Å²) in [5, 5.41) is 2.94. The van der Waals surface area contributed by atoms with Crippen molar-refractivity contribution in [1.29, 1.82) is 0 Å². The molecule has 3 amide bonds. The molecule has 1 atom stereocenters. The first kappa shape index (κ1) is 16.6. The van der Waals surface area contributed by atoms with Crippen molar-refractivity contribution in [2.24, 2.45) is 5.92 Å². The zero-order chi connectivity index (χ0) is 16.2. The van der Waals surface area contributed by atoms with Gasteiger partial charge in [0, 0.05) is 44.8 Å². The Morgan fingerprint density at radius 3 is 2.52 bits per heavy atom. The first-order valence-electron chi connectivity index (χ1n) is 9.13. The fraction of sp³-hybridized carbons (Fsp3) is 0.882. The Balaban J connectivity index is 1.63. The van der Waals surface area contributed by atoms with Crippen LogP contribution in [0.1, 0.15) is 45.4 Å². The lowest BCUT2D eigenvalue weighted by atomic mass is 10.0. The normalized spacial score (nSPS) is 25.4. The summed E-state index contributed by atoms with van der Waals surface area (Å²) in [5.74, 6) is 0.554. The van der Waals surface area contributed by atoms with Crippen LogP contribution >= 0.6 is 0 Å². The first-order valence-corrected chi connectivity index (χ1v) is 9.13. The smallest absolute Gasteiger partial charge is 0.317 e. The number of urea groups is 1. The number of carbonyl (C=O) groups excluding carboxylic acids is 2. The molecule has 1 aliphatic carbocycles. The molecule has 3 aliphatic rings. The van der Waals surface area contributed by atoms with Crippen LogP contribution in [0, 0.1) is 5.92 Å². The highest BCUT2D eigenvalue weighted by Crippen LogP contribution is 2.35. The van der Waals surface area contributed by atoms with E-state index in [0.29, 0.717) is 25.0 Å². The second kappa shape index (κ2) is 7.51. The standard InChI is InChI=1S/C17H29N3O3/c1-2-8-18-17(22)19-9-5-15(12-19)20(16(21)13-3-4-13)14-6-10-23-11-7-14/h13-15H,2-12H2,1H3,(H,18,22).